The molecule has 0 unspecified atom stereocenters. The number of piperidine rings is 1. The summed E-state index contributed by atoms with van der Waals surface area (Å²) in [4.78, 5) is 0. The van der Waals surface area contributed by atoms with Gasteiger partial charge in [0.25, 0.3) is 0 Å². The van der Waals surface area contributed by atoms with Crippen molar-refractivity contribution in [2.75, 3.05) is 19.3 Å². The minimum atomic E-state index is -3.12. The van der Waals surface area contributed by atoms with Crippen molar-refractivity contribution in [3.05, 3.63) is 0 Å². The summed E-state index contributed by atoms with van der Waals surface area (Å²) in [6.07, 6.45) is 1.38. The van der Waals surface area contributed by atoms with Gasteiger partial charge in [0.05, 0.1) is 12.4 Å². The highest BCUT2D eigenvalue weighted by Crippen LogP contribution is 2.17. The van der Waals surface area contributed by atoms with Gasteiger partial charge in [0.1, 0.15) is 0 Å². The van der Waals surface area contributed by atoms with Gasteiger partial charge in [-0.1, -0.05) is 6.92 Å². The summed E-state index contributed by atoms with van der Waals surface area (Å²) in [5.74, 6) is 0.253. The fraction of sp³-hybridized carbons (Fsp3) is 1.00. The van der Waals surface area contributed by atoms with Crippen LogP contribution in [0.3, 0.4) is 0 Å². The van der Waals surface area contributed by atoms with Crippen molar-refractivity contribution in [3.63, 3.8) is 0 Å². The third-order valence-electron chi connectivity index (χ3n) is 2.07. The van der Waals surface area contributed by atoms with Crippen molar-refractivity contribution in [3.8, 4) is 0 Å². The molecule has 1 aliphatic rings. The molecule has 4 nitrogen and oxygen atoms in total. The summed E-state index contributed by atoms with van der Waals surface area (Å²) in [6.45, 7) is 2.74. The van der Waals surface area contributed by atoms with Gasteiger partial charge in [-0.25, -0.2) is 8.42 Å². The maximum Gasteiger partial charge on any atom is 0.211 e. The smallest absolute Gasteiger partial charge is 0.211 e. The van der Waals surface area contributed by atoms with Crippen LogP contribution < -0.4 is 0 Å². The molecule has 0 radical (unpaired) electrons. The van der Waals surface area contributed by atoms with Gasteiger partial charge in [0.15, 0.2) is 0 Å². The molecule has 1 saturated heterocycles. The number of sulfonamides is 1. The van der Waals surface area contributed by atoms with Crippen LogP contribution >= 0.6 is 0 Å². The van der Waals surface area contributed by atoms with Gasteiger partial charge in [-0.15, -0.1) is 0 Å². The fourth-order valence-electron chi connectivity index (χ4n) is 1.54. The Bertz CT molecular complexity index is 239. The van der Waals surface area contributed by atoms with E-state index in [-0.39, 0.29) is 12.5 Å². The molecule has 1 fully saturated rings. The highest BCUT2D eigenvalue weighted by molar-refractivity contribution is 7.88. The lowest BCUT2D eigenvalue weighted by Crippen LogP contribution is -2.44. The number of aliphatic hydroxyl groups excluding tert-OH is 1. The van der Waals surface area contributed by atoms with E-state index in [0.717, 1.165) is 0 Å². The molecular formula is C7H15NO3S. The summed E-state index contributed by atoms with van der Waals surface area (Å²) in [5, 5.41) is 9.31. The van der Waals surface area contributed by atoms with Crippen LogP contribution in [0.25, 0.3) is 0 Å². The predicted molar refractivity (Wildman–Crippen MR) is 46.2 cm³/mol. The number of aliphatic hydroxyl groups is 1. The first-order valence-electron chi connectivity index (χ1n) is 4.03. The second kappa shape index (κ2) is 3.32. The van der Waals surface area contributed by atoms with E-state index in [1.54, 1.807) is 0 Å². The Morgan fingerprint density at radius 3 is 2.42 bits per heavy atom. The van der Waals surface area contributed by atoms with Gasteiger partial charge in [-0.2, -0.15) is 4.31 Å². The number of nitrogens with zero attached hydrogens (tertiary/aromatic N) is 1. The van der Waals surface area contributed by atoms with Crippen LogP contribution in [-0.2, 0) is 10.0 Å². The van der Waals surface area contributed by atoms with E-state index in [4.69, 9.17) is 0 Å². The van der Waals surface area contributed by atoms with Crippen molar-refractivity contribution in [2.24, 2.45) is 5.92 Å². The fourth-order valence-corrected chi connectivity index (χ4v) is 2.51. The highest BCUT2D eigenvalue weighted by atomic mass is 32.2. The van der Waals surface area contributed by atoms with Crippen LogP contribution in [0.2, 0.25) is 0 Å². The largest absolute Gasteiger partial charge is 0.392 e. The zero-order chi connectivity index (χ0) is 9.35. The van der Waals surface area contributed by atoms with Gasteiger partial charge in [0, 0.05) is 13.1 Å². The van der Waals surface area contributed by atoms with Crippen molar-refractivity contribution in [1.82, 2.24) is 4.31 Å². The zero-order valence-corrected chi connectivity index (χ0v) is 8.21. The van der Waals surface area contributed by atoms with E-state index < -0.39 is 16.1 Å². The van der Waals surface area contributed by atoms with Crippen LogP contribution in [-0.4, -0.2) is 43.3 Å². The van der Waals surface area contributed by atoms with E-state index in [9.17, 15) is 13.5 Å². The SMILES string of the molecule is C[C@@H]1C[C@H](O)CN(S(C)(=O)=O)C1. The molecule has 0 bridgehead atoms. The second-order valence-electron chi connectivity index (χ2n) is 3.57. The minimum Gasteiger partial charge on any atom is -0.392 e. The third kappa shape index (κ3) is 2.43. The monoisotopic (exact) mass is 193 g/mol. The number of hydrogen-bond donors (Lipinski definition) is 1. The molecule has 0 amide bonds. The molecular weight excluding hydrogens is 178 g/mol. The average molecular weight is 193 g/mol. The third-order valence-corrected chi connectivity index (χ3v) is 3.31. The topological polar surface area (TPSA) is 57.6 Å². The van der Waals surface area contributed by atoms with Gasteiger partial charge in [-0.3, -0.25) is 0 Å². The molecule has 1 aliphatic heterocycles. The molecule has 0 aromatic carbocycles. The van der Waals surface area contributed by atoms with Gasteiger partial charge >= 0.3 is 0 Å². The van der Waals surface area contributed by atoms with Crippen molar-refractivity contribution in [1.29, 1.82) is 0 Å². The van der Waals surface area contributed by atoms with E-state index in [0.29, 0.717) is 13.0 Å². The lowest BCUT2D eigenvalue weighted by atomic mass is 10.00. The molecule has 72 valence electrons. The number of hydrogen-bond acceptors (Lipinski definition) is 3. The van der Waals surface area contributed by atoms with E-state index in [1.807, 2.05) is 6.92 Å². The lowest BCUT2D eigenvalue weighted by Gasteiger charge is -2.32. The molecule has 2 atom stereocenters. The first kappa shape index (κ1) is 9.95. The Labute approximate surface area is 73.2 Å². The van der Waals surface area contributed by atoms with Crippen molar-refractivity contribution >= 4 is 10.0 Å². The van der Waals surface area contributed by atoms with E-state index in [1.165, 1.54) is 10.6 Å². The second-order valence-corrected chi connectivity index (χ2v) is 5.56. The van der Waals surface area contributed by atoms with Crippen LogP contribution in [0.1, 0.15) is 13.3 Å². The van der Waals surface area contributed by atoms with Gasteiger partial charge in [0.2, 0.25) is 10.0 Å². The van der Waals surface area contributed by atoms with Crippen molar-refractivity contribution < 1.29 is 13.5 Å². The standard InChI is InChI=1S/C7H15NO3S/c1-6-3-7(9)5-8(4-6)12(2,10)11/h6-7,9H,3-5H2,1-2H3/t6-,7+/m1/s1. The Morgan fingerprint density at radius 2 is 2.00 bits per heavy atom. The zero-order valence-electron chi connectivity index (χ0n) is 7.40. The predicted octanol–water partition coefficient (Wildman–Crippen LogP) is -0.351. The quantitative estimate of drug-likeness (QED) is 0.619. The first-order chi connectivity index (χ1) is 5.39. The number of rotatable bonds is 1. The Balaban J connectivity index is 2.68. The summed E-state index contributed by atoms with van der Waals surface area (Å²) in [5.41, 5.74) is 0. The lowest BCUT2D eigenvalue weighted by molar-refractivity contribution is 0.0824. The van der Waals surface area contributed by atoms with E-state index >= 15 is 0 Å². The van der Waals surface area contributed by atoms with Crippen LogP contribution in [0.4, 0.5) is 0 Å². The molecule has 0 saturated carbocycles. The summed E-state index contributed by atoms with van der Waals surface area (Å²) < 4.78 is 23.5. The minimum absolute atomic E-state index is 0.253. The highest BCUT2D eigenvalue weighted by Gasteiger charge is 2.28. The van der Waals surface area contributed by atoms with Crippen LogP contribution in [0.15, 0.2) is 0 Å². The molecule has 0 aliphatic carbocycles. The maximum atomic E-state index is 11.1. The number of β-amino-alcohol motifs (C(OH)–C–C–N with tert-alkyl or cyclic N) is 1. The summed E-state index contributed by atoms with van der Waals surface area (Å²) in [6, 6.07) is 0. The summed E-state index contributed by atoms with van der Waals surface area (Å²) in [7, 11) is -3.12. The molecule has 0 spiro atoms. The van der Waals surface area contributed by atoms with E-state index in [2.05, 4.69) is 0 Å². The average Bonchev–Trinajstić information content (AvgIpc) is 1.82. The van der Waals surface area contributed by atoms with Crippen LogP contribution in [0, 0.1) is 5.92 Å². The Morgan fingerprint density at radius 1 is 1.42 bits per heavy atom. The Hall–Kier alpha value is -0.130. The normalized spacial score (nSPS) is 33.6. The molecule has 12 heavy (non-hydrogen) atoms. The first-order valence-corrected chi connectivity index (χ1v) is 5.87. The van der Waals surface area contributed by atoms with Crippen LogP contribution in [0.5, 0.6) is 0 Å². The molecule has 0 aromatic rings. The van der Waals surface area contributed by atoms with Gasteiger partial charge in [-0.05, 0) is 12.3 Å². The van der Waals surface area contributed by atoms with Crippen molar-refractivity contribution in [2.45, 2.75) is 19.4 Å². The Kier molecular flexibility index (Phi) is 2.75. The molecule has 5 heteroatoms. The molecule has 1 rings (SSSR count). The maximum absolute atomic E-state index is 11.1. The molecule has 1 N–H and O–H groups in total. The molecule has 0 aromatic heterocycles. The van der Waals surface area contributed by atoms with Gasteiger partial charge < -0.3 is 5.11 Å². The summed E-state index contributed by atoms with van der Waals surface area (Å²) >= 11 is 0. The molecule has 1 heterocycles.